The van der Waals surface area contributed by atoms with Crippen molar-refractivity contribution in [1.82, 2.24) is 4.90 Å². The maximum Gasteiger partial charge on any atom is 0.253 e. The van der Waals surface area contributed by atoms with Crippen molar-refractivity contribution < 1.29 is 19.1 Å². The molecule has 0 spiro atoms. The van der Waals surface area contributed by atoms with Crippen LogP contribution in [0.4, 0.5) is 11.4 Å². The number of benzene rings is 1. The Labute approximate surface area is 170 Å². The van der Waals surface area contributed by atoms with Crippen LogP contribution in [0, 0.1) is 5.92 Å². The quantitative estimate of drug-likeness (QED) is 0.636. The van der Waals surface area contributed by atoms with Crippen molar-refractivity contribution in [1.29, 1.82) is 0 Å². The van der Waals surface area contributed by atoms with Crippen LogP contribution >= 0.6 is 0 Å². The summed E-state index contributed by atoms with van der Waals surface area (Å²) in [6.07, 6.45) is 5.44. The second-order valence-corrected chi connectivity index (χ2v) is 8.16. The Balaban J connectivity index is 1.44. The molecule has 1 saturated heterocycles. The van der Waals surface area contributed by atoms with Gasteiger partial charge in [-0.1, -0.05) is 6.42 Å². The largest absolute Gasteiger partial charge is 0.370 e. The molecular weight excluding hydrogens is 372 g/mol. The summed E-state index contributed by atoms with van der Waals surface area (Å²) in [6.45, 7) is 1.84. The summed E-state index contributed by atoms with van der Waals surface area (Å²) in [5.41, 5.74) is 6.98. The number of primary amides is 1. The lowest BCUT2D eigenvalue weighted by Crippen LogP contribution is -2.57. The molecule has 0 bridgehead atoms. The number of anilines is 2. The summed E-state index contributed by atoms with van der Waals surface area (Å²) >= 11 is 0. The molecule has 1 aromatic rings. The summed E-state index contributed by atoms with van der Waals surface area (Å²) in [6, 6.07) is 6.35. The Hall–Kier alpha value is -2.45. The third kappa shape index (κ3) is 4.59. The molecule has 0 radical (unpaired) electrons. The number of nitrogens with two attached hydrogens (primary N) is 1. The van der Waals surface area contributed by atoms with Crippen LogP contribution in [0.2, 0.25) is 0 Å². The predicted octanol–water partition coefficient (Wildman–Crippen LogP) is 1.11. The molecule has 156 valence electrons. The number of hydrogen-bond acceptors (Lipinski definition) is 5. The van der Waals surface area contributed by atoms with Gasteiger partial charge in [-0.3, -0.25) is 19.3 Å². The molecule has 3 amide bonds. The Kier molecular flexibility index (Phi) is 5.82. The Morgan fingerprint density at radius 3 is 2.48 bits per heavy atom. The Morgan fingerprint density at radius 1 is 1.21 bits per heavy atom. The normalized spacial score (nSPS) is 21.0. The lowest BCUT2D eigenvalue weighted by atomic mass is 9.89. The van der Waals surface area contributed by atoms with E-state index in [1.165, 1.54) is 0 Å². The van der Waals surface area contributed by atoms with Crippen molar-refractivity contribution in [3.63, 3.8) is 0 Å². The third-order valence-electron chi connectivity index (χ3n) is 5.99. The van der Waals surface area contributed by atoms with E-state index >= 15 is 0 Å². The lowest BCUT2D eigenvalue weighted by molar-refractivity contribution is -0.135. The molecule has 1 atom stereocenters. The number of ether oxygens (including phenoxy) is 1. The van der Waals surface area contributed by atoms with Gasteiger partial charge >= 0.3 is 0 Å². The van der Waals surface area contributed by atoms with Gasteiger partial charge in [0.2, 0.25) is 5.91 Å². The SMILES string of the molecule is NC(=O)[C@@H](C(=O)Nc1ccc(N2CCOCC2=O)cc1)N(CC1CC1)C1CCC1. The highest BCUT2D eigenvalue weighted by atomic mass is 16.5. The van der Waals surface area contributed by atoms with Gasteiger partial charge in [-0.05, 0) is 55.9 Å². The van der Waals surface area contributed by atoms with Crippen LogP contribution in [0.5, 0.6) is 0 Å². The minimum absolute atomic E-state index is 0.0801. The predicted molar refractivity (Wildman–Crippen MR) is 108 cm³/mol. The van der Waals surface area contributed by atoms with Gasteiger partial charge in [-0.15, -0.1) is 0 Å². The van der Waals surface area contributed by atoms with Crippen LogP contribution in [-0.2, 0) is 19.1 Å². The Bertz CT molecular complexity index is 773. The molecule has 0 aromatic heterocycles. The zero-order chi connectivity index (χ0) is 20.4. The minimum atomic E-state index is -0.957. The zero-order valence-corrected chi connectivity index (χ0v) is 16.5. The number of amides is 3. The van der Waals surface area contributed by atoms with Crippen molar-refractivity contribution in [3.05, 3.63) is 24.3 Å². The molecule has 2 aliphatic carbocycles. The van der Waals surface area contributed by atoms with Crippen molar-refractivity contribution in [2.24, 2.45) is 11.7 Å². The average Bonchev–Trinajstić information content (AvgIpc) is 3.45. The fourth-order valence-corrected chi connectivity index (χ4v) is 3.95. The van der Waals surface area contributed by atoms with Crippen molar-refractivity contribution in [2.75, 3.05) is 36.5 Å². The van der Waals surface area contributed by atoms with E-state index in [0.29, 0.717) is 24.8 Å². The zero-order valence-electron chi connectivity index (χ0n) is 16.5. The first-order valence-electron chi connectivity index (χ1n) is 10.4. The van der Waals surface area contributed by atoms with Crippen LogP contribution in [0.25, 0.3) is 0 Å². The van der Waals surface area contributed by atoms with E-state index in [0.717, 1.165) is 44.3 Å². The highest BCUT2D eigenvalue weighted by Crippen LogP contribution is 2.35. The number of hydrogen-bond donors (Lipinski definition) is 2. The van der Waals surface area contributed by atoms with Crippen molar-refractivity contribution in [3.8, 4) is 0 Å². The smallest absolute Gasteiger partial charge is 0.253 e. The van der Waals surface area contributed by atoms with Gasteiger partial charge in [0, 0.05) is 30.5 Å². The highest BCUT2D eigenvalue weighted by Gasteiger charge is 2.40. The Morgan fingerprint density at radius 2 is 1.93 bits per heavy atom. The van der Waals surface area contributed by atoms with E-state index < -0.39 is 11.9 Å². The summed E-state index contributed by atoms with van der Waals surface area (Å²) < 4.78 is 5.15. The van der Waals surface area contributed by atoms with Crippen LogP contribution in [0.15, 0.2) is 24.3 Å². The number of nitrogens with zero attached hydrogens (tertiary/aromatic N) is 2. The molecule has 1 aliphatic heterocycles. The topological polar surface area (TPSA) is 105 Å². The summed E-state index contributed by atoms with van der Waals surface area (Å²) in [7, 11) is 0. The van der Waals surface area contributed by atoms with E-state index in [-0.39, 0.29) is 24.5 Å². The summed E-state index contributed by atoms with van der Waals surface area (Å²) in [5, 5.41) is 2.83. The van der Waals surface area contributed by atoms with E-state index in [2.05, 4.69) is 5.32 Å². The fraction of sp³-hybridized carbons (Fsp3) is 0.571. The molecule has 4 rings (SSSR count). The number of carbonyl (C=O) groups excluding carboxylic acids is 3. The van der Waals surface area contributed by atoms with Gasteiger partial charge in [0.15, 0.2) is 6.04 Å². The number of rotatable bonds is 8. The average molecular weight is 400 g/mol. The van der Waals surface area contributed by atoms with E-state index in [1.807, 2.05) is 4.90 Å². The number of nitrogens with one attached hydrogen (secondary N) is 1. The number of carbonyl (C=O) groups is 3. The van der Waals surface area contributed by atoms with Crippen LogP contribution < -0.4 is 16.0 Å². The minimum Gasteiger partial charge on any atom is -0.370 e. The van der Waals surface area contributed by atoms with Crippen LogP contribution in [0.3, 0.4) is 0 Å². The van der Waals surface area contributed by atoms with Gasteiger partial charge in [-0.2, -0.15) is 0 Å². The molecule has 2 saturated carbocycles. The second-order valence-electron chi connectivity index (χ2n) is 8.16. The van der Waals surface area contributed by atoms with Crippen molar-refractivity contribution in [2.45, 2.75) is 44.2 Å². The van der Waals surface area contributed by atoms with Gasteiger partial charge in [0.1, 0.15) is 6.61 Å². The molecule has 1 aromatic carbocycles. The molecule has 1 heterocycles. The monoisotopic (exact) mass is 400 g/mol. The first-order valence-corrected chi connectivity index (χ1v) is 10.4. The maximum atomic E-state index is 12.9. The lowest BCUT2D eigenvalue weighted by Gasteiger charge is -2.40. The fourth-order valence-electron chi connectivity index (χ4n) is 3.95. The standard InChI is InChI=1S/C21H28N4O4/c22-20(27)19(25(12-14-4-5-14)16-2-1-3-16)21(28)23-15-6-8-17(9-7-15)24-10-11-29-13-18(24)26/h6-9,14,16,19H,1-5,10-13H2,(H2,22,27)(H,23,28)/t19-/m0/s1. The van der Waals surface area contributed by atoms with E-state index in [9.17, 15) is 14.4 Å². The molecule has 8 heteroatoms. The van der Waals surface area contributed by atoms with Crippen LogP contribution in [-0.4, -0.2) is 61.0 Å². The van der Waals surface area contributed by atoms with Gasteiger partial charge in [-0.25, -0.2) is 0 Å². The molecule has 3 aliphatic rings. The molecule has 0 unspecified atom stereocenters. The molecule has 3 fully saturated rings. The third-order valence-corrected chi connectivity index (χ3v) is 5.99. The summed E-state index contributed by atoms with van der Waals surface area (Å²) in [5.74, 6) is -0.514. The molecule has 3 N–H and O–H groups in total. The van der Waals surface area contributed by atoms with E-state index in [4.69, 9.17) is 10.5 Å². The second kappa shape index (κ2) is 8.51. The maximum absolute atomic E-state index is 12.9. The van der Waals surface area contributed by atoms with Crippen LogP contribution in [0.1, 0.15) is 32.1 Å². The first kappa shape index (κ1) is 19.8. The number of morpholine rings is 1. The van der Waals surface area contributed by atoms with Crippen molar-refractivity contribution >= 4 is 29.1 Å². The summed E-state index contributed by atoms with van der Waals surface area (Å²) in [4.78, 5) is 40.8. The van der Waals surface area contributed by atoms with Gasteiger partial charge in [0.05, 0.1) is 6.61 Å². The van der Waals surface area contributed by atoms with Gasteiger partial charge < -0.3 is 20.7 Å². The van der Waals surface area contributed by atoms with Gasteiger partial charge in [0.25, 0.3) is 11.8 Å². The van der Waals surface area contributed by atoms with E-state index in [1.54, 1.807) is 29.2 Å². The highest BCUT2D eigenvalue weighted by molar-refractivity contribution is 6.09. The molecular formula is C21H28N4O4. The molecule has 29 heavy (non-hydrogen) atoms. The molecule has 8 nitrogen and oxygen atoms in total. The first-order chi connectivity index (χ1) is 14.0.